The van der Waals surface area contributed by atoms with E-state index in [9.17, 15) is 9.59 Å². The minimum Gasteiger partial charge on any atom is -0.352 e. The lowest BCUT2D eigenvalue weighted by atomic mass is 10.2. The molecule has 2 heterocycles. The summed E-state index contributed by atoms with van der Waals surface area (Å²) in [5.41, 5.74) is 0.526. The van der Waals surface area contributed by atoms with Crippen LogP contribution >= 0.6 is 0 Å². The Labute approximate surface area is 140 Å². The van der Waals surface area contributed by atoms with Gasteiger partial charge in [-0.25, -0.2) is 14.5 Å². The molecule has 0 fully saturated rings. The first-order valence-electron chi connectivity index (χ1n) is 7.83. The lowest BCUT2D eigenvalue weighted by Gasteiger charge is -2.17. The fourth-order valence-electron chi connectivity index (χ4n) is 1.90. The van der Waals surface area contributed by atoms with Crippen LogP contribution in [0.4, 0.5) is 10.5 Å². The summed E-state index contributed by atoms with van der Waals surface area (Å²) < 4.78 is 1.62. The van der Waals surface area contributed by atoms with Crippen molar-refractivity contribution in [3.8, 4) is 5.82 Å². The van der Waals surface area contributed by atoms with Crippen LogP contribution < -0.4 is 16.0 Å². The molecule has 2 aromatic heterocycles. The summed E-state index contributed by atoms with van der Waals surface area (Å²) in [5, 5.41) is 12.1. The number of hydrogen-bond donors (Lipinski definition) is 3. The van der Waals surface area contributed by atoms with Gasteiger partial charge >= 0.3 is 6.03 Å². The van der Waals surface area contributed by atoms with Gasteiger partial charge in [0.2, 0.25) is 5.91 Å². The number of nitrogens with one attached hydrogen (secondary N) is 3. The Morgan fingerprint density at radius 1 is 1.25 bits per heavy atom. The summed E-state index contributed by atoms with van der Waals surface area (Å²) in [7, 11) is 0. The zero-order chi connectivity index (χ0) is 17.5. The van der Waals surface area contributed by atoms with Crippen molar-refractivity contribution in [2.75, 3.05) is 5.32 Å². The van der Waals surface area contributed by atoms with Crippen LogP contribution in [0.5, 0.6) is 0 Å². The third-order valence-electron chi connectivity index (χ3n) is 3.49. The van der Waals surface area contributed by atoms with E-state index in [2.05, 4.69) is 26.0 Å². The molecule has 0 aliphatic rings. The van der Waals surface area contributed by atoms with Gasteiger partial charge in [0.15, 0.2) is 5.82 Å². The highest BCUT2D eigenvalue weighted by molar-refractivity contribution is 5.93. The van der Waals surface area contributed by atoms with E-state index in [-0.39, 0.29) is 11.9 Å². The Bertz CT molecular complexity index is 668. The average Bonchev–Trinajstić information content (AvgIpc) is 3.09. The number of aromatic nitrogens is 3. The monoisotopic (exact) mass is 330 g/mol. The van der Waals surface area contributed by atoms with Crippen LogP contribution in [-0.4, -0.2) is 38.8 Å². The zero-order valence-electron chi connectivity index (χ0n) is 14.0. The van der Waals surface area contributed by atoms with Crippen molar-refractivity contribution >= 4 is 17.6 Å². The van der Waals surface area contributed by atoms with Gasteiger partial charge in [0.05, 0.1) is 11.9 Å². The molecule has 0 spiro atoms. The lowest BCUT2D eigenvalue weighted by Crippen LogP contribution is -2.48. The Hall–Kier alpha value is -2.90. The minimum absolute atomic E-state index is 0.0730. The molecule has 0 saturated heterocycles. The van der Waals surface area contributed by atoms with Crippen LogP contribution in [0.15, 0.2) is 36.8 Å². The predicted octanol–water partition coefficient (Wildman–Crippen LogP) is 1.69. The van der Waals surface area contributed by atoms with Gasteiger partial charge in [-0.05, 0) is 38.5 Å². The average molecular weight is 330 g/mol. The first kappa shape index (κ1) is 17.5. The summed E-state index contributed by atoms with van der Waals surface area (Å²) in [6.07, 6.45) is 5.80. The number of amides is 3. The van der Waals surface area contributed by atoms with Crippen LogP contribution in [0.25, 0.3) is 5.82 Å². The summed E-state index contributed by atoms with van der Waals surface area (Å²) >= 11 is 0. The number of nitrogens with zero attached hydrogens (tertiary/aromatic N) is 3. The third-order valence-corrected chi connectivity index (χ3v) is 3.49. The van der Waals surface area contributed by atoms with Crippen molar-refractivity contribution in [2.45, 2.75) is 39.3 Å². The molecule has 8 heteroatoms. The molecule has 2 atom stereocenters. The summed E-state index contributed by atoms with van der Waals surface area (Å²) in [5.74, 6) is 0.430. The Morgan fingerprint density at radius 2 is 2.04 bits per heavy atom. The molecule has 0 bridgehead atoms. The molecular weight excluding hydrogens is 308 g/mol. The lowest BCUT2D eigenvalue weighted by molar-refractivity contribution is -0.123. The summed E-state index contributed by atoms with van der Waals surface area (Å²) in [6.45, 7) is 5.53. The molecule has 0 aliphatic heterocycles. The van der Waals surface area contributed by atoms with E-state index >= 15 is 0 Å². The first-order valence-corrected chi connectivity index (χ1v) is 7.83. The van der Waals surface area contributed by atoms with E-state index < -0.39 is 12.1 Å². The molecule has 3 N–H and O–H groups in total. The predicted molar refractivity (Wildman–Crippen MR) is 90.9 cm³/mol. The van der Waals surface area contributed by atoms with E-state index in [4.69, 9.17) is 0 Å². The Morgan fingerprint density at radius 3 is 2.62 bits per heavy atom. The van der Waals surface area contributed by atoms with Gasteiger partial charge in [-0.1, -0.05) is 6.92 Å². The summed E-state index contributed by atoms with van der Waals surface area (Å²) in [4.78, 5) is 28.1. The number of pyridine rings is 1. The number of anilines is 1. The zero-order valence-corrected chi connectivity index (χ0v) is 14.0. The minimum atomic E-state index is -0.629. The van der Waals surface area contributed by atoms with Gasteiger partial charge < -0.3 is 16.0 Å². The highest BCUT2D eigenvalue weighted by Crippen LogP contribution is 2.08. The van der Waals surface area contributed by atoms with E-state index in [1.54, 1.807) is 42.2 Å². The maximum Gasteiger partial charge on any atom is 0.319 e. The second-order valence-corrected chi connectivity index (χ2v) is 5.49. The van der Waals surface area contributed by atoms with Gasteiger partial charge in [-0.15, -0.1) is 0 Å². The van der Waals surface area contributed by atoms with E-state index in [0.717, 1.165) is 6.42 Å². The smallest absolute Gasteiger partial charge is 0.319 e. The number of rotatable bonds is 6. The highest BCUT2D eigenvalue weighted by Gasteiger charge is 2.16. The van der Waals surface area contributed by atoms with Crippen LogP contribution in [-0.2, 0) is 4.79 Å². The molecule has 0 aromatic carbocycles. The van der Waals surface area contributed by atoms with Crippen molar-refractivity contribution in [1.82, 2.24) is 25.4 Å². The molecule has 2 rings (SSSR count). The van der Waals surface area contributed by atoms with Gasteiger partial charge in [-0.2, -0.15) is 5.10 Å². The van der Waals surface area contributed by atoms with Gasteiger partial charge in [-0.3, -0.25) is 4.79 Å². The van der Waals surface area contributed by atoms with Crippen molar-refractivity contribution in [1.29, 1.82) is 0 Å². The van der Waals surface area contributed by atoms with Gasteiger partial charge in [0, 0.05) is 18.4 Å². The molecule has 24 heavy (non-hydrogen) atoms. The SMILES string of the molecule is CC[C@@H](C)NC(=O)[C@H](C)NC(=O)Nc1ccc(-n2cccn2)nc1. The Kier molecular flexibility index (Phi) is 5.89. The largest absolute Gasteiger partial charge is 0.352 e. The fraction of sp³-hybridized carbons (Fsp3) is 0.375. The van der Waals surface area contributed by atoms with Gasteiger partial charge in [0.1, 0.15) is 6.04 Å². The topological polar surface area (TPSA) is 101 Å². The van der Waals surface area contributed by atoms with E-state index in [1.165, 1.54) is 6.20 Å². The summed E-state index contributed by atoms with van der Waals surface area (Å²) in [6, 6.07) is 4.23. The van der Waals surface area contributed by atoms with Gasteiger partial charge in [0.25, 0.3) is 0 Å². The number of carbonyl (C=O) groups is 2. The van der Waals surface area contributed by atoms with Crippen molar-refractivity contribution < 1.29 is 9.59 Å². The van der Waals surface area contributed by atoms with Crippen LogP contribution in [0.2, 0.25) is 0 Å². The molecule has 0 unspecified atom stereocenters. The van der Waals surface area contributed by atoms with E-state index in [1.807, 2.05) is 13.8 Å². The highest BCUT2D eigenvalue weighted by atomic mass is 16.2. The second-order valence-electron chi connectivity index (χ2n) is 5.49. The molecule has 0 aliphatic carbocycles. The standard InChI is InChI=1S/C16H22N6O2/c1-4-11(2)19-15(23)12(3)20-16(24)21-13-6-7-14(17-10-13)22-9-5-8-18-22/h5-12H,4H2,1-3H3,(H,19,23)(H2,20,21,24)/t11-,12+/m1/s1. The molecule has 8 nitrogen and oxygen atoms in total. The molecule has 0 radical (unpaired) electrons. The quantitative estimate of drug-likeness (QED) is 0.750. The van der Waals surface area contributed by atoms with Crippen LogP contribution in [0.1, 0.15) is 27.2 Å². The Balaban J connectivity index is 1.87. The third kappa shape index (κ3) is 4.80. The molecule has 2 aromatic rings. The molecule has 128 valence electrons. The molecular formula is C16H22N6O2. The molecule has 3 amide bonds. The van der Waals surface area contributed by atoms with Crippen LogP contribution in [0.3, 0.4) is 0 Å². The number of hydrogen-bond acceptors (Lipinski definition) is 4. The second kappa shape index (κ2) is 8.09. The maximum absolute atomic E-state index is 11.9. The maximum atomic E-state index is 11.9. The first-order chi connectivity index (χ1) is 11.5. The van der Waals surface area contributed by atoms with E-state index in [0.29, 0.717) is 11.5 Å². The van der Waals surface area contributed by atoms with Crippen molar-refractivity contribution in [2.24, 2.45) is 0 Å². The molecule has 0 saturated carbocycles. The van der Waals surface area contributed by atoms with Crippen molar-refractivity contribution in [3.63, 3.8) is 0 Å². The van der Waals surface area contributed by atoms with Crippen LogP contribution in [0, 0.1) is 0 Å². The normalized spacial score (nSPS) is 13.0. The number of carbonyl (C=O) groups excluding carboxylic acids is 2. The number of urea groups is 1. The fourth-order valence-corrected chi connectivity index (χ4v) is 1.90. The van der Waals surface area contributed by atoms with Crippen molar-refractivity contribution in [3.05, 3.63) is 36.8 Å².